The van der Waals surface area contributed by atoms with Gasteiger partial charge in [0, 0.05) is 18.4 Å². The maximum Gasteiger partial charge on any atom is 0.326 e. The number of benzene rings is 1. The first kappa shape index (κ1) is 14.7. The van der Waals surface area contributed by atoms with Crippen molar-refractivity contribution in [3.63, 3.8) is 0 Å². The van der Waals surface area contributed by atoms with Gasteiger partial charge in [0.05, 0.1) is 17.4 Å². The number of carboxylic acids is 1. The van der Waals surface area contributed by atoms with Crippen LogP contribution in [0.25, 0.3) is 10.9 Å². The number of pyridine rings is 1. The molecule has 0 aliphatic carbocycles. The fourth-order valence-electron chi connectivity index (χ4n) is 1.85. The quantitative estimate of drug-likeness (QED) is 0.660. The molecule has 110 valence electrons. The van der Waals surface area contributed by atoms with Gasteiger partial charge in [-0.1, -0.05) is 18.2 Å². The minimum Gasteiger partial charge on any atom is -0.480 e. The molecule has 0 bridgehead atoms. The van der Waals surface area contributed by atoms with Gasteiger partial charge in [0.1, 0.15) is 6.04 Å². The van der Waals surface area contributed by atoms with Gasteiger partial charge < -0.3 is 20.8 Å². The number of nitrogens with zero attached hydrogens (tertiary/aromatic N) is 1. The number of aliphatic hydroxyl groups excluding tert-OH is 1. The van der Waals surface area contributed by atoms with E-state index in [9.17, 15) is 9.59 Å². The molecular weight excluding hydrogens is 274 g/mol. The molecule has 7 nitrogen and oxygen atoms in total. The van der Waals surface area contributed by atoms with E-state index in [0.717, 1.165) is 10.9 Å². The monoisotopic (exact) mass is 289 g/mol. The fraction of sp³-hybridized carbons (Fsp3) is 0.214. The molecule has 1 heterocycles. The van der Waals surface area contributed by atoms with Crippen molar-refractivity contribution in [1.82, 2.24) is 10.3 Å². The lowest BCUT2D eigenvalue weighted by atomic mass is 10.2. The summed E-state index contributed by atoms with van der Waals surface area (Å²) in [6.45, 7) is -0.325. The number of anilines is 1. The van der Waals surface area contributed by atoms with E-state index in [1.54, 1.807) is 6.07 Å². The first-order valence-corrected chi connectivity index (χ1v) is 6.36. The van der Waals surface area contributed by atoms with E-state index >= 15 is 0 Å². The second-order valence-corrected chi connectivity index (χ2v) is 4.42. The van der Waals surface area contributed by atoms with E-state index in [1.165, 1.54) is 6.20 Å². The highest BCUT2D eigenvalue weighted by atomic mass is 16.4. The number of nitrogens with one attached hydrogen (secondary N) is 2. The number of hydrogen-bond donors (Lipinski definition) is 4. The highest BCUT2D eigenvalue weighted by Gasteiger charge is 2.19. The van der Waals surface area contributed by atoms with Gasteiger partial charge in [0.2, 0.25) is 0 Å². The highest BCUT2D eigenvalue weighted by Crippen LogP contribution is 2.15. The van der Waals surface area contributed by atoms with Crippen molar-refractivity contribution < 1.29 is 19.8 Å². The van der Waals surface area contributed by atoms with Gasteiger partial charge in [-0.3, -0.25) is 4.98 Å². The second-order valence-electron chi connectivity index (χ2n) is 4.42. The molecule has 0 fully saturated rings. The fourth-order valence-corrected chi connectivity index (χ4v) is 1.85. The van der Waals surface area contributed by atoms with Crippen LogP contribution in [0.2, 0.25) is 0 Å². The Morgan fingerprint density at radius 2 is 2.05 bits per heavy atom. The minimum atomic E-state index is -1.20. The van der Waals surface area contributed by atoms with Crippen molar-refractivity contribution >= 4 is 28.6 Å². The Labute approximate surface area is 120 Å². The third-order valence-corrected chi connectivity index (χ3v) is 2.87. The molecule has 0 aliphatic heterocycles. The van der Waals surface area contributed by atoms with E-state index in [1.807, 2.05) is 24.3 Å². The zero-order valence-corrected chi connectivity index (χ0v) is 11.1. The molecule has 1 aromatic heterocycles. The van der Waals surface area contributed by atoms with Crippen LogP contribution in [0.15, 0.2) is 36.5 Å². The predicted octanol–water partition coefficient (Wildman–Crippen LogP) is 1.19. The first-order chi connectivity index (χ1) is 10.1. The molecule has 0 saturated carbocycles. The summed E-state index contributed by atoms with van der Waals surface area (Å²) >= 11 is 0. The van der Waals surface area contributed by atoms with Crippen molar-refractivity contribution in [3.8, 4) is 0 Å². The Morgan fingerprint density at radius 3 is 2.76 bits per heavy atom. The molecular formula is C14H15N3O4. The molecule has 0 aliphatic rings. The Bertz CT molecular complexity index is 659. The third kappa shape index (κ3) is 3.90. The van der Waals surface area contributed by atoms with Crippen LogP contribution in [-0.2, 0) is 4.79 Å². The van der Waals surface area contributed by atoms with Crippen LogP contribution in [0.5, 0.6) is 0 Å². The number of carbonyl (C=O) groups is 2. The average molecular weight is 289 g/mol. The number of fused-ring (bicyclic) bond motifs is 1. The molecule has 0 radical (unpaired) electrons. The summed E-state index contributed by atoms with van der Waals surface area (Å²) in [5.41, 5.74) is 1.26. The third-order valence-electron chi connectivity index (χ3n) is 2.87. The van der Waals surface area contributed by atoms with E-state index in [-0.39, 0.29) is 13.0 Å². The average Bonchev–Trinajstić information content (AvgIpc) is 2.46. The van der Waals surface area contributed by atoms with Gasteiger partial charge in [0.25, 0.3) is 0 Å². The Morgan fingerprint density at radius 1 is 1.29 bits per heavy atom. The van der Waals surface area contributed by atoms with Crippen molar-refractivity contribution in [2.24, 2.45) is 0 Å². The number of urea groups is 1. The van der Waals surface area contributed by atoms with Crippen LogP contribution >= 0.6 is 0 Å². The van der Waals surface area contributed by atoms with Crippen LogP contribution in [0.4, 0.5) is 10.5 Å². The maximum atomic E-state index is 11.7. The van der Waals surface area contributed by atoms with Crippen molar-refractivity contribution in [3.05, 3.63) is 36.5 Å². The zero-order valence-electron chi connectivity index (χ0n) is 11.1. The first-order valence-electron chi connectivity index (χ1n) is 6.36. The predicted molar refractivity (Wildman–Crippen MR) is 77.0 cm³/mol. The van der Waals surface area contributed by atoms with Crippen LogP contribution in [0.3, 0.4) is 0 Å². The zero-order chi connectivity index (χ0) is 15.2. The lowest BCUT2D eigenvalue weighted by molar-refractivity contribution is -0.139. The minimum absolute atomic E-state index is 0.0568. The molecule has 1 atom stereocenters. The normalized spacial score (nSPS) is 11.9. The van der Waals surface area contributed by atoms with Crippen LogP contribution < -0.4 is 10.6 Å². The van der Waals surface area contributed by atoms with E-state index < -0.39 is 18.0 Å². The molecule has 2 amide bonds. The molecule has 1 aromatic carbocycles. The number of carboxylic acid groups (broad SMARTS) is 1. The van der Waals surface area contributed by atoms with Crippen LogP contribution in [-0.4, -0.2) is 39.8 Å². The van der Waals surface area contributed by atoms with Gasteiger partial charge in [-0.2, -0.15) is 0 Å². The number of hydrogen-bond acceptors (Lipinski definition) is 4. The molecule has 1 unspecified atom stereocenters. The topological polar surface area (TPSA) is 112 Å². The van der Waals surface area contributed by atoms with Crippen LogP contribution in [0, 0.1) is 0 Å². The van der Waals surface area contributed by atoms with Crippen molar-refractivity contribution in [1.29, 1.82) is 0 Å². The SMILES string of the molecule is O=C(Nc1cnc2ccccc2c1)NC(CCO)C(=O)O. The summed E-state index contributed by atoms with van der Waals surface area (Å²) in [4.78, 5) is 26.8. The Hall–Kier alpha value is -2.67. The van der Waals surface area contributed by atoms with Gasteiger partial charge >= 0.3 is 12.0 Å². The molecule has 7 heteroatoms. The summed E-state index contributed by atoms with van der Waals surface area (Å²) in [6.07, 6.45) is 1.43. The van der Waals surface area contributed by atoms with E-state index in [2.05, 4.69) is 15.6 Å². The van der Waals surface area contributed by atoms with Gasteiger partial charge in [-0.05, 0) is 12.1 Å². The summed E-state index contributed by atoms with van der Waals surface area (Å²) in [6, 6.07) is 7.37. The number of rotatable bonds is 5. The molecule has 21 heavy (non-hydrogen) atoms. The summed E-state index contributed by atoms with van der Waals surface area (Å²) < 4.78 is 0. The number of para-hydroxylation sites is 1. The Balaban J connectivity index is 2.05. The maximum absolute atomic E-state index is 11.7. The summed E-state index contributed by atoms with van der Waals surface area (Å²) in [5.74, 6) is -1.20. The molecule has 2 aromatic rings. The van der Waals surface area contributed by atoms with Crippen molar-refractivity contribution in [2.45, 2.75) is 12.5 Å². The molecule has 0 saturated heterocycles. The summed E-state index contributed by atoms with van der Waals surface area (Å²) in [5, 5.41) is 23.3. The second kappa shape index (κ2) is 6.67. The number of aromatic nitrogens is 1. The molecule has 0 spiro atoms. The van der Waals surface area contributed by atoms with E-state index in [4.69, 9.17) is 10.2 Å². The van der Waals surface area contributed by atoms with Crippen molar-refractivity contribution in [2.75, 3.05) is 11.9 Å². The summed E-state index contributed by atoms with van der Waals surface area (Å²) in [7, 11) is 0. The lowest BCUT2D eigenvalue weighted by Gasteiger charge is -2.14. The van der Waals surface area contributed by atoms with Gasteiger partial charge in [-0.25, -0.2) is 9.59 Å². The lowest BCUT2D eigenvalue weighted by Crippen LogP contribution is -2.43. The number of aliphatic hydroxyl groups is 1. The smallest absolute Gasteiger partial charge is 0.326 e. The molecule has 2 rings (SSSR count). The largest absolute Gasteiger partial charge is 0.480 e. The number of carbonyl (C=O) groups excluding carboxylic acids is 1. The number of amides is 2. The molecule has 4 N–H and O–H groups in total. The Kier molecular flexibility index (Phi) is 4.68. The van der Waals surface area contributed by atoms with Gasteiger partial charge in [-0.15, -0.1) is 0 Å². The van der Waals surface area contributed by atoms with Gasteiger partial charge in [0.15, 0.2) is 0 Å². The van der Waals surface area contributed by atoms with Crippen LogP contribution in [0.1, 0.15) is 6.42 Å². The standard InChI is InChI=1S/C14H15N3O4/c18-6-5-12(13(19)20)17-14(21)16-10-7-9-3-1-2-4-11(9)15-8-10/h1-4,7-8,12,18H,5-6H2,(H,19,20)(H2,16,17,21). The highest BCUT2D eigenvalue weighted by molar-refractivity contribution is 5.94. The van der Waals surface area contributed by atoms with E-state index in [0.29, 0.717) is 5.69 Å². The number of aliphatic carboxylic acids is 1.